The lowest BCUT2D eigenvalue weighted by Crippen LogP contribution is -2.11. The number of hydrogen-bond donors (Lipinski definition) is 2. The molecule has 2 aromatic carbocycles. The largest absolute Gasteiger partial charge is 0.480 e. The van der Waals surface area contributed by atoms with Gasteiger partial charge in [-0.05, 0) is 40.2 Å². The third kappa shape index (κ3) is 4.75. The van der Waals surface area contributed by atoms with Crippen LogP contribution in [0.2, 0.25) is 5.02 Å². The fraction of sp³-hybridized carbons (Fsp3) is 0.0667. The Balaban J connectivity index is 2.19. The van der Waals surface area contributed by atoms with Crippen molar-refractivity contribution in [2.24, 2.45) is 5.10 Å². The number of aliphatic carboxylic acids is 1. The van der Waals surface area contributed by atoms with Crippen LogP contribution in [0.5, 0.6) is 5.75 Å². The molecule has 0 atom stereocenters. The topological polar surface area (TPSA) is 70.9 Å². The lowest BCUT2D eigenvalue weighted by atomic mass is 10.2. The predicted molar refractivity (Wildman–Crippen MR) is 89.9 cm³/mol. The van der Waals surface area contributed by atoms with Crippen LogP contribution in [-0.4, -0.2) is 23.9 Å². The molecule has 114 valence electrons. The van der Waals surface area contributed by atoms with Gasteiger partial charge in [0.25, 0.3) is 0 Å². The van der Waals surface area contributed by atoms with E-state index in [0.717, 1.165) is 5.69 Å². The lowest BCUT2D eigenvalue weighted by Gasteiger charge is -2.10. The Hall–Kier alpha value is -2.05. The molecule has 0 aliphatic heterocycles. The second-order valence-corrected chi connectivity index (χ2v) is 5.52. The molecule has 0 fully saturated rings. The first-order valence-corrected chi connectivity index (χ1v) is 7.41. The average Bonchev–Trinajstić information content (AvgIpc) is 2.47. The summed E-state index contributed by atoms with van der Waals surface area (Å²) in [6.45, 7) is -0.451. The molecule has 5 nitrogen and oxygen atoms in total. The maximum atomic E-state index is 10.6. The first-order chi connectivity index (χ1) is 10.6. The van der Waals surface area contributed by atoms with Crippen molar-refractivity contribution < 1.29 is 14.6 Å². The first kappa shape index (κ1) is 16.3. The Morgan fingerprint density at radius 3 is 2.77 bits per heavy atom. The number of carboxylic acids is 1. The number of hydrazone groups is 1. The molecule has 0 aliphatic carbocycles. The minimum atomic E-state index is -1.06. The van der Waals surface area contributed by atoms with Crippen LogP contribution in [-0.2, 0) is 4.79 Å². The average molecular weight is 384 g/mol. The molecule has 0 aromatic heterocycles. The second-order valence-electron chi connectivity index (χ2n) is 4.22. The van der Waals surface area contributed by atoms with Gasteiger partial charge in [0.05, 0.1) is 16.4 Å². The number of halogens is 2. The number of hydrogen-bond acceptors (Lipinski definition) is 4. The van der Waals surface area contributed by atoms with Crippen LogP contribution >= 0.6 is 27.5 Å². The van der Waals surface area contributed by atoms with E-state index in [1.165, 1.54) is 6.21 Å². The van der Waals surface area contributed by atoms with Gasteiger partial charge in [0.15, 0.2) is 6.61 Å². The Morgan fingerprint density at radius 1 is 1.36 bits per heavy atom. The van der Waals surface area contributed by atoms with Crippen molar-refractivity contribution in [1.29, 1.82) is 0 Å². The van der Waals surface area contributed by atoms with Gasteiger partial charge in [0, 0.05) is 10.6 Å². The molecule has 2 N–H and O–H groups in total. The van der Waals surface area contributed by atoms with E-state index in [2.05, 4.69) is 26.5 Å². The van der Waals surface area contributed by atoms with Gasteiger partial charge >= 0.3 is 5.97 Å². The number of carbonyl (C=O) groups is 1. The molecule has 0 radical (unpaired) electrons. The van der Waals surface area contributed by atoms with Crippen molar-refractivity contribution in [3.05, 3.63) is 57.5 Å². The fourth-order valence-electron chi connectivity index (χ4n) is 1.65. The molecule has 22 heavy (non-hydrogen) atoms. The van der Waals surface area contributed by atoms with Gasteiger partial charge in [0.2, 0.25) is 0 Å². The number of para-hydroxylation sites is 1. The molecular weight excluding hydrogens is 372 g/mol. The van der Waals surface area contributed by atoms with Crippen molar-refractivity contribution >= 4 is 45.4 Å². The van der Waals surface area contributed by atoms with Gasteiger partial charge in [-0.3, -0.25) is 5.43 Å². The summed E-state index contributed by atoms with van der Waals surface area (Å²) in [7, 11) is 0. The lowest BCUT2D eigenvalue weighted by molar-refractivity contribution is -0.139. The highest BCUT2D eigenvalue weighted by molar-refractivity contribution is 9.10. The molecule has 0 unspecified atom stereocenters. The van der Waals surface area contributed by atoms with Crippen molar-refractivity contribution in [1.82, 2.24) is 0 Å². The zero-order valence-corrected chi connectivity index (χ0v) is 13.6. The van der Waals surface area contributed by atoms with Crippen LogP contribution in [0, 0.1) is 0 Å². The Kier molecular flexibility index (Phi) is 5.80. The van der Waals surface area contributed by atoms with Crippen LogP contribution in [0.15, 0.2) is 52.0 Å². The highest BCUT2D eigenvalue weighted by Gasteiger charge is 2.10. The van der Waals surface area contributed by atoms with Gasteiger partial charge in [-0.15, -0.1) is 0 Å². The zero-order chi connectivity index (χ0) is 15.9. The molecule has 7 heteroatoms. The van der Waals surface area contributed by atoms with E-state index < -0.39 is 12.6 Å². The number of carboxylic acid groups (broad SMARTS) is 1. The van der Waals surface area contributed by atoms with E-state index >= 15 is 0 Å². The molecular formula is C15H12BrClN2O3. The van der Waals surface area contributed by atoms with Crippen LogP contribution in [0.25, 0.3) is 0 Å². The van der Waals surface area contributed by atoms with Crippen LogP contribution in [0.3, 0.4) is 0 Å². The number of anilines is 1. The fourth-order valence-corrected chi connectivity index (χ4v) is 2.60. The Morgan fingerprint density at radius 2 is 2.09 bits per heavy atom. The van der Waals surface area contributed by atoms with Crippen LogP contribution in [0.1, 0.15) is 5.56 Å². The van der Waals surface area contributed by atoms with E-state index in [-0.39, 0.29) is 0 Å². The van der Waals surface area contributed by atoms with Gasteiger partial charge in [-0.25, -0.2) is 4.79 Å². The Labute approximate surface area is 140 Å². The van der Waals surface area contributed by atoms with Crippen molar-refractivity contribution in [3.8, 4) is 5.75 Å². The van der Waals surface area contributed by atoms with Crippen LogP contribution in [0.4, 0.5) is 5.69 Å². The molecule has 2 aromatic rings. The maximum Gasteiger partial charge on any atom is 0.341 e. The summed E-state index contributed by atoms with van der Waals surface area (Å²) >= 11 is 9.30. The quantitative estimate of drug-likeness (QED) is 0.584. The van der Waals surface area contributed by atoms with E-state index in [1.807, 2.05) is 30.3 Å². The minimum Gasteiger partial charge on any atom is -0.480 e. The molecule has 0 saturated heterocycles. The number of rotatable bonds is 6. The van der Waals surface area contributed by atoms with Gasteiger partial charge in [-0.2, -0.15) is 5.10 Å². The van der Waals surface area contributed by atoms with E-state index in [4.69, 9.17) is 21.4 Å². The summed E-state index contributed by atoms with van der Waals surface area (Å²) in [5, 5.41) is 13.3. The third-order valence-corrected chi connectivity index (χ3v) is 3.36. The summed E-state index contributed by atoms with van der Waals surface area (Å²) in [6, 6.07) is 12.7. The summed E-state index contributed by atoms with van der Waals surface area (Å²) in [5.74, 6) is -0.697. The molecule has 0 heterocycles. The molecule has 2 rings (SSSR count). The smallest absolute Gasteiger partial charge is 0.341 e. The normalized spacial score (nSPS) is 10.6. The SMILES string of the molecule is O=C(O)COc1c(Br)cc(Cl)cc1C=NNc1ccccc1. The molecule has 0 spiro atoms. The summed E-state index contributed by atoms with van der Waals surface area (Å²) in [6.07, 6.45) is 1.51. The maximum absolute atomic E-state index is 10.6. The number of benzene rings is 2. The Bertz CT molecular complexity index is 693. The second kappa shape index (κ2) is 7.82. The van der Waals surface area contributed by atoms with Crippen molar-refractivity contribution in [2.75, 3.05) is 12.0 Å². The van der Waals surface area contributed by atoms with Gasteiger partial charge in [-0.1, -0.05) is 29.8 Å². The highest BCUT2D eigenvalue weighted by atomic mass is 79.9. The molecule has 0 amide bonds. The molecule has 0 aliphatic rings. The van der Waals surface area contributed by atoms with E-state index in [0.29, 0.717) is 20.8 Å². The predicted octanol–water partition coefficient (Wildman–Crippen LogP) is 4.01. The van der Waals surface area contributed by atoms with Gasteiger partial charge < -0.3 is 9.84 Å². The molecule has 0 bridgehead atoms. The highest BCUT2D eigenvalue weighted by Crippen LogP contribution is 2.31. The summed E-state index contributed by atoms with van der Waals surface area (Å²) < 4.78 is 5.82. The third-order valence-electron chi connectivity index (χ3n) is 2.55. The number of nitrogens with zero attached hydrogens (tertiary/aromatic N) is 1. The summed E-state index contributed by atoms with van der Waals surface area (Å²) in [5.41, 5.74) is 4.25. The number of nitrogens with one attached hydrogen (secondary N) is 1. The van der Waals surface area contributed by atoms with E-state index in [9.17, 15) is 4.79 Å². The minimum absolute atomic E-state index is 0.366. The zero-order valence-electron chi connectivity index (χ0n) is 11.3. The van der Waals surface area contributed by atoms with Crippen molar-refractivity contribution in [2.45, 2.75) is 0 Å². The van der Waals surface area contributed by atoms with Gasteiger partial charge in [0.1, 0.15) is 5.75 Å². The standard InChI is InChI=1S/C15H12BrClN2O3/c16-13-7-11(17)6-10(15(13)22-9-14(20)21)8-18-19-12-4-2-1-3-5-12/h1-8,19H,9H2,(H,20,21). The molecule has 0 saturated carbocycles. The van der Waals surface area contributed by atoms with E-state index in [1.54, 1.807) is 12.1 Å². The van der Waals surface area contributed by atoms with Crippen LogP contribution < -0.4 is 10.2 Å². The monoisotopic (exact) mass is 382 g/mol. The summed E-state index contributed by atoms with van der Waals surface area (Å²) in [4.78, 5) is 10.6. The number of ether oxygens (including phenoxy) is 1. The first-order valence-electron chi connectivity index (χ1n) is 6.24. The van der Waals surface area contributed by atoms with Crippen molar-refractivity contribution in [3.63, 3.8) is 0 Å².